The summed E-state index contributed by atoms with van der Waals surface area (Å²) in [5.74, 6) is -1.01. The summed E-state index contributed by atoms with van der Waals surface area (Å²) in [5.41, 5.74) is 0.921. The fourth-order valence-corrected chi connectivity index (χ4v) is 2.29. The van der Waals surface area contributed by atoms with E-state index in [1.54, 1.807) is 24.3 Å². The van der Waals surface area contributed by atoms with Crippen molar-refractivity contribution < 1.29 is 18.8 Å². The number of anilines is 1. The molecule has 0 bridgehead atoms. The summed E-state index contributed by atoms with van der Waals surface area (Å²) in [6.45, 7) is 0. The van der Waals surface area contributed by atoms with Gasteiger partial charge in [-0.05, 0) is 30.3 Å². The number of esters is 1. The minimum atomic E-state index is -1.08. The Kier molecular flexibility index (Phi) is 3.76. The van der Waals surface area contributed by atoms with Gasteiger partial charge >= 0.3 is 11.7 Å². The van der Waals surface area contributed by atoms with Crippen LogP contribution in [0.15, 0.2) is 60.4 Å². The highest BCUT2D eigenvalue weighted by molar-refractivity contribution is 5.94. The van der Waals surface area contributed by atoms with Crippen molar-refractivity contribution in [3.05, 3.63) is 87.5 Å². The monoisotopic (exact) mass is 314 g/mol. The topological polar surface area (TPSA) is 81.5 Å². The highest BCUT2D eigenvalue weighted by Crippen LogP contribution is 2.35. The normalized spacial score (nSPS) is 16.7. The molecule has 1 atom stereocenters. The maximum Gasteiger partial charge on any atom is 0.339 e. The first kappa shape index (κ1) is 14.7. The third-order valence-electron chi connectivity index (χ3n) is 3.40. The Morgan fingerprint density at radius 2 is 1.91 bits per heavy atom. The smallest absolute Gasteiger partial charge is 0.339 e. The van der Waals surface area contributed by atoms with Crippen molar-refractivity contribution >= 4 is 11.7 Å². The number of nitro groups is 1. The van der Waals surface area contributed by atoms with Gasteiger partial charge in [0.15, 0.2) is 0 Å². The second kappa shape index (κ2) is 5.88. The quantitative estimate of drug-likeness (QED) is 0.532. The van der Waals surface area contributed by atoms with E-state index < -0.39 is 22.8 Å². The fraction of sp³-hybridized carbons (Fsp3) is 0.0625. The molecule has 23 heavy (non-hydrogen) atoms. The lowest BCUT2D eigenvalue weighted by Crippen LogP contribution is -2.12. The van der Waals surface area contributed by atoms with E-state index in [4.69, 9.17) is 4.74 Å². The van der Waals surface area contributed by atoms with Gasteiger partial charge in [0.1, 0.15) is 5.82 Å². The second-order valence-corrected chi connectivity index (χ2v) is 4.85. The van der Waals surface area contributed by atoms with Crippen molar-refractivity contribution in [3.63, 3.8) is 0 Å². The maximum absolute atomic E-state index is 12.9. The van der Waals surface area contributed by atoms with Crippen LogP contribution in [-0.2, 0) is 4.74 Å². The van der Waals surface area contributed by atoms with E-state index in [0.29, 0.717) is 16.8 Å². The lowest BCUT2D eigenvalue weighted by molar-refractivity contribution is -0.436. The summed E-state index contributed by atoms with van der Waals surface area (Å²) in [6.07, 6.45) is 0.0643. The number of carbonyl (C=O) groups is 1. The Labute approximate surface area is 130 Å². The molecule has 3 rings (SSSR count). The molecular weight excluding hydrogens is 303 g/mol. The van der Waals surface area contributed by atoms with Gasteiger partial charge in [0.25, 0.3) is 0 Å². The molecule has 0 fully saturated rings. The van der Waals surface area contributed by atoms with Crippen LogP contribution < -0.4 is 5.32 Å². The van der Waals surface area contributed by atoms with Crippen LogP contribution in [0.25, 0.3) is 0 Å². The van der Waals surface area contributed by atoms with E-state index in [-0.39, 0.29) is 5.70 Å². The average molecular weight is 314 g/mol. The first-order chi connectivity index (χ1) is 11.1. The molecular formula is C16H11FN2O4. The molecule has 1 heterocycles. The van der Waals surface area contributed by atoms with Gasteiger partial charge in [0.2, 0.25) is 6.10 Å². The molecule has 2 aromatic rings. The Hall–Kier alpha value is -3.22. The zero-order valence-electron chi connectivity index (χ0n) is 11.7. The number of benzene rings is 2. The molecule has 0 radical (unpaired) electrons. The van der Waals surface area contributed by atoms with Gasteiger partial charge in [-0.2, -0.15) is 0 Å². The van der Waals surface area contributed by atoms with Gasteiger partial charge < -0.3 is 10.1 Å². The largest absolute Gasteiger partial charge is 0.442 e. The van der Waals surface area contributed by atoms with Crippen LogP contribution in [-0.4, -0.2) is 10.9 Å². The first-order valence-electron chi connectivity index (χ1n) is 6.73. The fourth-order valence-electron chi connectivity index (χ4n) is 2.29. The molecule has 6 nitrogen and oxygen atoms in total. The number of hydrogen-bond donors (Lipinski definition) is 1. The maximum atomic E-state index is 12.9. The average Bonchev–Trinajstić information content (AvgIpc) is 2.87. The van der Waals surface area contributed by atoms with Crippen LogP contribution in [0.2, 0.25) is 0 Å². The Balaban J connectivity index is 1.91. The minimum Gasteiger partial charge on any atom is -0.442 e. The van der Waals surface area contributed by atoms with Gasteiger partial charge in [-0.25, -0.2) is 9.18 Å². The number of nitrogens with zero attached hydrogens (tertiary/aromatic N) is 1. The number of ether oxygens (including phenoxy) is 1. The Morgan fingerprint density at radius 3 is 2.61 bits per heavy atom. The van der Waals surface area contributed by atoms with E-state index in [1.165, 1.54) is 24.3 Å². The number of nitrogens with one attached hydrogen (secondary N) is 1. The predicted molar refractivity (Wildman–Crippen MR) is 79.7 cm³/mol. The zero-order valence-corrected chi connectivity index (χ0v) is 11.7. The lowest BCUT2D eigenvalue weighted by atomic mass is 10.0. The molecule has 0 saturated heterocycles. The van der Waals surface area contributed by atoms with Crippen molar-refractivity contribution in [2.45, 2.75) is 6.10 Å². The van der Waals surface area contributed by atoms with Crippen LogP contribution in [0.3, 0.4) is 0 Å². The van der Waals surface area contributed by atoms with Crippen molar-refractivity contribution in [1.29, 1.82) is 0 Å². The lowest BCUT2D eigenvalue weighted by Gasteiger charge is -2.08. The number of cyclic esters (lactones) is 1. The number of rotatable bonds is 4. The summed E-state index contributed by atoms with van der Waals surface area (Å²) in [7, 11) is 0. The molecule has 0 saturated carbocycles. The number of hydrogen-bond acceptors (Lipinski definition) is 5. The molecule has 1 N–H and O–H groups in total. The van der Waals surface area contributed by atoms with Crippen molar-refractivity contribution in [1.82, 2.24) is 0 Å². The first-order valence-corrected chi connectivity index (χ1v) is 6.73. The standard InChI is InChI=1S/C16H11FN2O4/c17-10-5-7-11(8-6-10)18-9-14(19(21)22)15-12-3-1-2-4-13(12)16(20)23-15/h1-9,15,18H. The molecule has 1 aliphatic rings. The molecule has 0 amide bonds. The van der Waals surface area contributed by atoms with Gasteiger partial charge in [0, 0.05) is 11.3 Å². The van der Waals surface area contributed by atoms with Crippen LogP contribution >= 0.6 is 0 Å². The summed E-state index contributed by atoms with van der Waals surface area (Å²) in [6, 6.07) is 11.9. The van der Waals surface area contributed by atoms with E-state index in [1.807, 2.05) is 0 Å². The van der Waals surface area contributed by atoms with Gasteiger partial charge in [0.05, 0.1) is 16.7 Å². The highest BCUT2D eigenvalue weighted by Gasteiger charge is 2.39. The summed E-state index contributed by atoms with van der Waals surface area (Å²) < 4.78 is 18.0. The van der Waals surface area contributed by atoms with Crippen molar-refractivity contribution in [2.75, 3.05) is 5.32 Å². The van der Waals surface area contributed by atoms with E-state index in [0.717, 1.165) is 6.20 Å². The number of carbonyl (C=O) groups excluding carboxylic acids is 1. The zero-order chi connectivity index (χ0) is 16.4. The van der Waals surface area contributed by atoms with Crippen molar-refractivity contribution in [2.24, 2.45) is 0 Å². The van der Waals surface area contributed by atoms with Gasteiger partial charge in [-0.3, -0.25) is 10.1 Å². The summed E-state index contributed by atoms with van der Waals surface area (Å²) in [5, 5.41) is 14.0. The van der Waals surface area contributed by atoms with Crippen LogP contribution in [0, 0.1) is 15.9 Å². The van der Waals surface area contributed by atoms with Crippen molar-refractivity contribution in [3.8, 4) is 0 Å². The molecule has 1 aliphatic heterocycles. The molecule has 0 aromatic heterocycles. The molecule has 7 heteroatoms. The summed E-state index contributed by atoms with van der Waals surface area (Å²) >= 11 is 0. The molecule has 0 spiro atoms. The SMILES string of the molecule is O=C1OC(C(=CNc2ccc(F)cc2)[N+](=O)[O-])c2ccccc21. The van der Waals surface area contributed by atoms with E-state index in [9.17, 15) is 19.3 Å². The van der Waals surface area contributed by atoms with Crippen LogP contribution in [0.1, 0.15) is 22.0 Å². The van der Waals surface area contributed by atoms with Crippen LogP contribution in [0.5, 0.6) is 0 Å². The third-order valence-corrected chi connectivity index (χ3v) is 3.40. The van der Waals surface area contributed by atoms with E-state index >= 15 is 0 Å². The van der Waals surface area contributed by atoms with Crippen LogP contribution in [0.4, 0.5) is 10.1 Å². The number of fused-ring (bicyclic) bond motifs is 1. The Morgan fingerprint density at radius 1 is 1.22 bits per heavy atom. The predicted octanol–water partition coefficient (Wildman–Crippen LogP) is 3.27. The van der Waals surface area contributed by atoms with E-state index in [2.05, 4.69) is 5.32 Å². The molecule has 1 unspecified atom stereocenters. The minimum absolute atomic E-state index is 0.312. The number of halogens is 1. The molecule has 116 valence electrons. The second-order valence-electron chi connectivity index (χ2n) is 4.85. The van der Waals surface area contributed by atoms with Gasteiger partial charge in [-0.15, -0.1) is 0 Å². The third kappa shape index (κ3) is 2.89. The Bertz CT molecular complexity index is 802. The molecule has 2 aromatic carbocycles. The van der Waals surface area contributed by atoms with Gasteiger partial charge in [-0.1, -0.05) is 18.2 Å². The highest BCUT2D eigenvalue weighted by atomic mass is 19.1. The summed E-state index contributed by atoms with van der Waals surface area (Å²) in [4.78, 5) is 22.5. The molecule has 0 aliphatic carbocycles.